The molecule has 0 saturated heterocycles. The van der Waals surface area contributed by atoms with Gasteiger partial charge in [-0.05, 0) is 41.2 Å². The standard InChI is InChI=1S/C17H20ClN/c1-11(2)13-6-8-14(9-7-13)17(19)15-5-4-12(3)16(18)10-15/h4-11,17H,19H2,1-3H3. The predicted molar refractivity (Wildman–Crippen MR) is 82.8 cm³/mol. The first-order valence-corrected chi connectivity index (χ1v) is 6.98. The molecule has 0 heterocycles. The van der Waals surface area contributed by atoms with Crippen LogP contribution in [0, 0.1) is 6.92 Å². The van der Waals surface area contributed by atoms with E-state index in [1.54, 1.807) is 0 Å². The Hall–Kier alpha value is -1.31. The van der Waals surface area contributed by atoms with Crippen LogP contribution in [0.3, 0.4) is 0 Å². The van der Waals surface area contributed by atoms with Gasteiger partial charge in [-0.25, -0.2) is 0 Å². The molecule has 2 heteroatoms. The molecule has 100 valence electrons. The summed E-state index contributed by atoms with van der Waals surface area (Å²) < 4.78 is 0. The molecule has 0 aliphatic carbocycles. The van der Waals surface area contributed by atoms with Gasteiger partial charge >= 0.3 is 0 Å². The molecule has 2 aromatic rings. The largest absolute Gasteiger partial charge is 0.320 e. The van der Waals surface area contributed by atoms with Gasteiger partial charge in [0.05, 0.1) is 6.04 Å². The van der Waals surface area contributed by atoms with Gasteiger partial charge in [-0.2, -0.15) is 0 Å². The highest BCUT2D eigenvalue weighted by Crippen LogP contribution is 2.25. The monoisotopic (exact) mass is 273 g/mol. The van der Waals surface area contributed by atoms with E-state index in [2.05, 4.69) is 38.1 Å². The van der Waals surface area contributed by atoms with E-state index in [4.69, 9.17) is 17.3 Å². The summed E-state index contributed by atoms with van der Waals surface area (Å²) in [5.41, 5.74) is 10.9. The van der Waals surface area contributed by atoms with Gasteiger partial charge in [0, 0.05) is 5.02 Å². The number of benzene rings is 2. The van der Waals surface area contributed by atoms with Crippen molar-refractivity contribution in [3.63, 3.8) is 0 Å². The quantitative estimate of drug-likeness (QED) is 0.852. The lowest BCUT2D eigenvalue weighted by molar-refractivity contribution is 0.847. The molecular formula is C17H20ClN. The molecule has 1 nitrogen and oxygen atoms in total. The summed E-state index contributed by atoms with van der Waals surface area (Å²) in [7, 11) is 0. The maximum atomic E-state index is 6.30. The fourth-order valence-corrected chi connectivity index (χ4v) is 2.27. The fraction of sp³-hybridized carbons (Fsp3) is 0.294. The van der Waals surface area contributed by atoms with Gasteiger partial charge in [0.25, 0.3) is 0 Å². The van der Waals surface area contributed by atoms with Crippen LogP contribution < -0.4 is 5.73 Å². The third kappa shape index (κ3) is 3.17. The van der Waals surface area contributed by atoms with Crippen molar-refractivity contribution in [2.24, 2.45) is 5.73 Å². The van der Waals surface area contributed by atoms with Crippen molar-refractivity contribution in [1.82, 2.24) is 0 Å². The molecule has 0 bridgehead atoms. The van der Waals surface area contributed by atoms with Gasteiger partial charge < -0.3 is 5.73 Å². The molecule has 0 aliphatic heterocycles. The maximum absolute atomic E-state index is 6.30. The molecule has 1 unspecified atom stereocenters. The number of hydrogen-bond donors (Lipinski definition) is 1. The van der Waals surface area contributed by atoms with Crippen molar-refractivity contribution in [2.45, 2.75) is 32.7 Å². The Bertz CT molecular complexity index is 558. The zero-order valence-electron chi connectivity index (χ0n) is 11.7. The van der Waals surface area contributed by atoms with E-state index in [9.17, 15) is 0 Å². The lowest BCUT2D eigenvalue weighted by Gasteiger charge is -2.15. The minimum absolute atomic E-state index is 0.126. The molecular weight excluding hydrogens is 254 g/mol. The summed E-state index contributed by atoms with van der Waals surface area (Å²) in [5.74, 6) is 0.541. The highest BCUT2D eigenvalue weighted by Gasteiger charge is 2.10. The minimum atomic E-state index is -0.126. The normalized spacial score (nSPS) is 12.7. The van der Waals surface area contributed by atoms with Crippen LogP contribution in [0.25, 0.3) is 0 Å². The summed E-state index contributed by atoms with van der Waals surface area (Å²) in [6.07, 6.45) is 0. The van der Waals surface area contributed by atoms with E-state index in [0.29, 0.717) is 5.92 Å². The number of hydrogen-bond acceptors (Lipinski definition) is 1. The SMILES string of the molecule is Cc1ccc(C(N)c2ccc(C(C)C)cc2)cc1Cl. The van der Waals surface area contributed by atoms with Crippen molar-refractivity contribution in [3.8, 4) is 0 Å². The summed E-state index contributed by atoms with van der Waals surface area (Å²) in [6.45, 7) is 6.37. The van der Waals surface area contributed by atoms with E-state index in [1.165, 1.54) is 5.56 Å². The topological polar surface area (TPSA) is 26.0 Å². The third-order valence-electron chi connectivity index (χ3n) is 3.52. The van der Waals surface area contributed by atoms with Crippen LogP contribution in [0.1, 0.15) is 48.1 Å². The second kappa shape index (κ2) is 5.77. The Morgan fingerprint density at radius 1 is 0.895 bits per heavy atom. The van der Waals surface area contributed by atoms with Gasteiger partial charge in [-0.3, -0.25) is 0 Å². The van der Waals surface area contributed by atoms with Gasteiger partial charge in [0.2, 0.25) is 0 Å². The van der Waals surface area contributed by atoms with Gasteiger partial charge in [0.15, 0.2) is 0 Å². The molecule has 0 radical (unpaired) electrons. The highest BCUT2D eigenvalue weighted by molar-refractivity contribution is 6.31. The Morgan fingerprint density at radius 3 is 1.95 bits per heavy atom. The Labute approximate surface area is 120 Å². The summed E-state index contributed by atoms with van der Waals surface area (Å²) >= 11 is 6.16. The van der Waals surface area contributed by atoms with Crippen LogP contribution in [0.5, 0.6) is 0 Å². The third-order valence-corrected chi connectivity index (χ3v) is 3.92. The van der Waals surface area contributed by atoms with Crippen LogP contribution in [0.4, 0.5) is 0 Å². The Morgan fingerprint density at radius 2 is 1.42 bits per heavy atom. The van der Waals surface area contributed by atoms with Crippen LogP contribution in [0.15, 0.2) is 42.5 Å². The Kier molecular flexibility index (Phi) is 4.28. The molecule has 2 N–H and O–H groups in total. The average molecular weight is 274 g/mol. The van der Waals surface area contributed by atoms with Crippen LogP contribution in [-0.2, 0) is 0 Å². The first-order chi connectivity index (χ1) is 8.99. The molecule has 0 fully saturated rings. The zero-order valence-corrected chi connectivity index (χ0v) is 12.4. The van der Waals surface area contributed by atoms with Crippen LogP contribution in [0.2, 0.25) is 5.02 Å². The molecule has 0 amide bonds. The van der Waals surface area contributed by atoms with Crippen molar-refractivity contribution in [2.75, 3.05) is 0 Å². The molecule has 19 heavy (non-hydrogen) atoms. The smallest absolute Gasteiger partial charge is 0.0552 e. The van der Waals surface area contributed by atoms with Crippen LogP contribution >= 0.6 is 11.6 Å². The Balaban J connectivity index is 2.27. The van der Waals surface area contributed by atoms with Gasteiger partial charge in [-0.1, -0.05) is 61.8 Å². The van der Waals surface area contributed by atoms with Crippen molar-refractivity contribution in [3.05, 3.63) is 69.7 Å². The number of halogens is 1. The second-order valence-corrected chi connectivity index (χ2v) is 5.71. The average Bonchev–Trinajstić information content (AvgIpc) is 2.41. The summed E-state index contributed by atoms with van der Waals surface area (Å²) in [5, 5.41) is 0.770. The first-order valence-electron chi connectivity index (χ1n) is 6.60. The minimum Gasteiger partial charge on any atom is -0.320 e. The fourth-order valence-electron chi connectivity index (χ4n) is 2.08. The van der Waals surface area contributed by atoms with Crippen molar-refractivity contribution < 1.29 is 0 Å². The molecule has 1 atom stereocenters. The molecule has 0 aromatic heterocycles. The van der Waals surface area contributed by atoms with E-state index in [1.807, 2.05) is 25.1 Å². The lowest BCUT2D eigenvalue weighted by Crippen LogP contribution is -2.12. The van der Waals surface area contributed by atoms with Crippen LogP contribution in [-0.4, -0.2) is 0 Å². The summed E-state index contributed by atoms with van der Waals surface area (Å²) in [6, 6.07) is 14.4. The zero-order chi connectivity index (χ0) is 14.0. The van der Waals surface area contributed by atoms with E-state index in [-0.39, 0.29) is 6.04 Å². The van der Waals surface area contributed by atoms with E-state index in [0.717, 1.165) is 21.7 Å². The molecule has 0 saturated carbocycles. The lowest BCUT2D eigenvalue weighted by atomic mass is 9.95. The second-order valence-electron chi connectivity index (χ2n) is 5.31. The van der Waals surface area contributed by atoms with Gasteiger partial charge in [-0.15, -0.1) is 0 Å². The van der Waals surface area contributed by atoms with Gasteiger partial charge in [0.1, 0.15) is 0 Å². The van der Waals surface area contributed by atoms with Crippen molar-refractivity contribution >= 4 is 11.6 Å². The predicted octanol–water partition coefficient (Wildman–Crippen LogP) is 4.82. The number of aryl methyl sites for hydroxylation is 1. The first kappa shape index (κ1) is 14.1. The van der Waals surface area contributed by atoms with E-state index < -0.39 is 0 Å². The molecule has 2 rings (SSSR count). The highest BCUT2D eigenvalue weighted by atomic mass is 35.5. The molecule has 0 spiro atoms. The maximum Gasteiger partial charge on any atom is 0.0552 e. The number of nitrogens with two attached hydrogens (primary N) is 1. The van der Waals surface area contributed by atoms with E-state index >= 15 is 0 Å². The summed E-state index contributed by atoms with van der Waals surface area (Å²) in [4.78, 5) is 0. The molecule has 0 aliphatic rings. The number of rotatable bonds is 3. The molecule has 2 aromatic carbocycles. The van der Waals surface area contributed by atoms with Crippen molar-refractivity contribution in [1.29, 1.82) is 0 Å².